The highest BCUT2D eigenvalue weighted by molar-refractivity contribution is 8.00. The van der Waals surface area contributed by atoms with E-state index in [1.165, 1.54) is 17.7 Å². The number of thioether (sulfide) groups is 1. The van der Waals surface area contributed by atoms with E-state index in [9.17, 15) is 0 Å². The van der Waals surface area contributed by atoms with E-state index < -0.39 is 0 Å². The smallest absolute Gasteiger partial charge is 0.0118 e. The van der Waals surface area contributed by atoms with Crippen LogP contribution in [0.4, 0.5) is 0 Å². The number of hydrogen-bond donors (Lipinski definition) is 0. The third-order valence-electron chi connectivity index (χ3n) is 1.45. The van der Waals surface area contributed by atoms with Crippen LogP contribution in [-0.4, -0.2) is 11.0 Å². The first-order valence-corrected chi connectivity index (χ1v) is 4.96. The Hall–Kier alpha value is 0.0900. The van der Waals surface area contributed by atoms with E-state index in [4.69, 9.17) is 0 Å². The summed E-state index contributed by atoms with van der Waals surface area (Å²) in [4.78, 5) is 0. The second-order valence-electron chi connectivity index (χ2n) is 2.83. The molecule has 0 heterocycles. The van der Waals surface area contributed by atoms with Crippen molar-refractivity contribution in [2.45, 2.75) is 39.4 Å². The van der Waals surface area contributed by atoms with Crippen LogP contribution in [0, 0.1) is 0 Å². The molecule has 0 amide bonds. The first-order valence-electron chi connectivity index (χ1n) is 3.91. The van der Waals surface area contributed by atoms with E-state index in [1.807, 2.05) is 11.8 Å². The maximum absolute atomic E-state index is 2.29. The van der Waals surface area contributed by atoms with Gasteiger partial charge in [0, 0.05) is 11.0 Å². The molecule has 0 radical (unpaired) electrons. The minimum absolute atomic E-state index is 0.815. The van der Waals surface area contributed by atoms with Crippen LogP contribution in [-0.2, 0) is 0 Å². The van der Waals surface area contributed by atoms with Crippen LogP contribution in [0.3, 0.4) is 0 Å². The lowest BCUT2D eigenvalue weighted by Crippen LogP contribution is -1.92. The minimum atomic E-state index is 0.815. The van der Waals surface area contributed by atoms with Crippen molar-refractivity contribution in [2.75, 3.05) is 5.75 Å². The summed E-state index contributed by atoms with van der Waals surface area (Å²) in [5.74, 6) is 1.18. The van der Waals surface area contributed by atoms with E-state index in [-0.39, 0.29) is 0 Å². The summed E-state index contributed by atoms with van der Waals surface area (Å²) in [7, 11) is 0. The standard InChI is InChI=1S/C9H18S/c1-5-9(4)10-7-6-8(2)3/h6,9H,5,7H2,1-4H3. The van der Waals surface area contributed by atoms with Crippen molar-refractivity contribution < 1.29 is 0 Å². The molecule has 0 saturated heterocycles. The van der Waals surface area contributed by atoms with Gasteiger partial charge in [-0.3, -0.25) is 0 Å². The predicted molar refractivity (Wildman–Crippen MR) is 51.6 cm³/mol. The zero-order valence-electron chi connectivity index (χ0n) is 7.48. The van der Waals surface area contributed by atoms with Crippen LogP contribution >= 0.6 is 11.8 Å². The van der Waals surface area contributed by atoms with Crippen LogP contribution < -0.4 is 0 Å². The summed E-state index contributed by atoms with van der Waals surface area (Å²) in [5, 5.41) is 0.815. The fourth-order valence-electron chi connectivity index (χ4n) is 0.497. The molecule has 0 aromatic heterocycles. The molecule has 0 nitrogen and oxygen atoms in total. The molecule has 1 unspecified atom stereocenters. The molecule has 0 aliphatic rings. The highest BCUT2D eigenvalue weighted by Gasteiger charge is 1.95. The highest BCUT2D eigenvalue weighted by atomic mass is 32.2. The summed E-state index contributed by atoms with van der Waals surface area (Å²) in [6.45, 7) is 8.82. The normalized spacial score (nSPS) is 12.8. The minimum Gasteiger partial charge on any atom is -0.155 e. The summed E-state index contributed by atoms with van der Waals surface area (Å²) in [6.07, 6.45) is 3.57. The van der Waals surface area contributed by atoms with Gasteiger partial charge in [0.2, 0.25) is 0 Å². The Labute approximate surface area is 69.1 Å². The zero-order chi connectivity index (χ0) is 7.98. The largest absolute Gasteiger partial charge is 0.155 e. The molecular weight excluding hydrogens is 140 g/mol. The van der Waals surface area contributed by atoms with E-state index in [0.717, 1.165) is 5.25 Å². The Morgan fingerprint density at radius 1 is 1.50 bits per heavy atom. The molecule has 0 spiro atoms. The van der Waals surface area contributed by atoms with Gasteiger partial charge in [0.05, 0.1) is 0 Å². The predicted octanol–water partition coefficient (Wildman–Crippen LogP) is 3.48. The Bertz CT molecular complexity index is 101. The molecule has 0 aliphatic carbocycles. The van der Waals surface area contributed by atoms with Crippen LogP contribution in [0.2, 0.25) is 0 Å². The first-order chi connectivity index (χ1) is 4.66. The monoisotopic (exact) mass is 158 g/mol. The van der Waals surface area contributed by atoms with Crippen LogP contribution in [0.1, 0.15) is 34.1 Å². The Balaban J connectivity index is 3.28. The summed E-state index contributed by atoms with van der Waals surface area (Å²) >= 11 is 2.03. The molecular formula is C9H18S. The third-order valence-corrected chi connectivity index (χ3v) is 2.71. The van der Waals surface area contributed by atoms with Crippen molar-refractivity contribution in [3.63, 3.8) is 0 Å². The molecule has 0 N–H and O–H groups in total. The molecule has 1 heteroatoms. The van der Waals surface area contributed by atoms with Gasteiger partial charge in [-0.15, -0.1) is 0 Å². The quantitative estimate of drug-likeness (QED) is 0.564. The molecule has 0 aromatic rings. The van der Waals surface area contributed by atoms with Crippen molar-refractivity contribution in [3.05, 3.63) is 11.6 Å². The lowest BCUT2D eigenvalue weighted by Gasteiger charge is -2.04. The average molecular weight is 158 g/mol. The van der Waals surface area contributed by atoms with Crippen molar-refractivity contribution >= 4 is 11.8 Å². The molecule has 0 bridgehead atoms. The summed E-state index contributed by atoms with van der Waals surface area (Å²) in [5.41, 5.74) is 1.43. The molecule has 0 aromatic carbocycles. The average Bonchev–Trinajstić information content (AvgIpc) is 1.87. The van der Waals surface area contributed by atoms with Gasteiger partial charge in [0.1, 0.15) is 0 Å². The lowest BCUT2D eigenvalue weighted by molar-refractivity contribution is 0.907. The van der Waals surface area contributed by atoms with Crippen molar-refractivity contribution in [1.29, 1.82) is 0 Å². The SMILES string of the molecule is CCC(C)SCC=C(C)C. The van der Waals surface area contributed by atoms with Crippen LogP contribution in [0.5, 0.6) is 0 Å². The lowest BCUT2D eigenvalue weighted by atomic mass is 10.3. The highest BCUT2D eigenvalue weighted by Crippen LogP contribution is 2.13. The van der Waals surface area contributed by atoms with Gasteiger partial charge < -0.3 is 0 Å². The molecule has 10 heavy (non-hydrogen) atoms. The second-order valence-corrected chi connectivity index (χ2v) is 4.31. The van der Waals surface area contributed by atoms with Crippen molar-refractivity contribution in [1.82, 2.24) is 0 Å². The van der Waals surface area contributed by atoms with E-state index in [0.29, 0.717) is 0 Å². The fourth-order valence-corrected chi connectivity index (χ4v) is 1.49. The van der Waals surface area contributed by atoms with Crippen molar-refractivity contribution in [3.8, 4) is 0 Å². The van der Waals surface area contributed by atoms with E-state index >= 15 is 0 Å². The number of rotatable bonds is 4. The Morgan fingerprint density at radius 3 is 2.50 bits per heavy atom. The third kappa shape index (κ3) is 6.21. The van der Waals surface area contributed by atoms with Crippen LogP contribution in [0.25, 0.3) is 0 Å². The van der Waals surface area contributed by atoms with Gasteiger partial charge in [-0.2, -0.15) is 11.8 Å². The number of allylic oxidation sites excluding steroid dienone is 1. The van der Waals surface area contributed by atoms with Gasteiger partial charge in [0.25, 0.3) is 0 Å². The maximum Gasteiger partial charge on any atom is 0.0118 e. The van der Waals surface area contributed by atoms with E-state index in [1.54, 1.807) is 0 Å². The van der Waals surface area contributed by atoms with Crippen LogP contribution in [0.15, 0.2) is 11.6 Å². The molecule has 0 aliphatic heterocycles. The van der Waals surface area contributed by atoms with Crippen molar-refractivity contribution in [2.24, 2.45) is 0 Å². The van der Waals surface area contributed by atoms with Gasteiger partial charge in [0.15, 0.2) is 0 Å². The zero-order valence-corrected chi connectivity index (χ0v) is 8.29. The number of hydrogen-bond acceptors (Lipinski definition) is 1. The Morgan fingerprint density at radius 2 is 2.10 bits per heavy atom. The Kier molecular flexibility index (Phi) is 5.90. The summed E-state index contributed by atoms with van der Waals surface area (Å²) < 4.78 is 0. The van der Waals surface area contributed by atoms with E-state index in [2.05, 4.69) is 33.8 Å². The molecule has 0 fully saturated rings. The first kappa shape index (κ1) is 10.1. The molecule has 0 saturated carbocycles. The molecule has 1 atom stereocenters. The van der Waals surface area contributed by atoms with Gasteiger partial charge in [-0.1, -0.05) is 25.5 Å². The molecule has 0 rings (SSSR count). The maximum atomic E-state index is 2.29. The van der Waals surface area contributed by atoms with Gasteiger partial charge >= 0.3 is 0 Å². The van der Waals surface area contributed by atoms with Gasteiger partial charge in [-0.05, 0) is 20.3 Å². The summed E-state index contributed by atoms with van der Waals surface area (Å²) in [6, 6.07) is 0. The second kappa shape index (κ2) is 5.84. The topological polar surface area (TPSA) is 0 Å². The van der Waals surface area contributed by atoms with Gasteiger partial charge in [-0.25, -0.2) is 0 Å². The fraction of sp³-hybridized carbons (Fsp3) is 0.778. The molecule has 60 valence electrons.